The van der Waals surface area contributed by atoms with E-state index in [1.807, 2.05) is 13.8 Å². The lowest BCUT2D eigenvalue weighted by Gasteiger charge is -2.77. The highest BCUT2D eigenvalue weighted by atomic mass is 32.2. The first kappa shape index (κ1) is 29.4. The van der Waals surface area contributed by atoms with Gasteiger partial charge in [-0.05, 0) is 74.9 Å². The van der Waals surface area contributed by atoms with Crippen LogP contribution in [0.25, 0.3) is 0 Å². The maximum atomic E-state index is 14.5. The molecule has 1 N–H and O–H groups in total. The minimum Gasteiger partial charge on any atom is -0.469 e. The average molecular weight is 609 g/mol. The number of ketones is 1. The quantitative estimate of drug-likeness (QED) is 0.260. The second-order valence-electron chi connectivity index (χ2n) is 14.7. The van der Waals surface area contributed by atoms with Crippen molar-refractivity contribution in [3.63, 3.8) is 0 Å². The van der Waals surface area contributed by atoms with Gasteiger partial charge in [0.05, 0.1) is 37.6 Å². The number of hydrogen-bond acceptors (Lipinski definition) is 10. The molecule has 3 spiro atoms. The van der Waals surface area contributed by atoms with E-state index in [2.05, 4.69) is 20.4 Å². The number of aliphatic hydroxyl groups is 1. The molecule has 11 heteroatoms. The maximum Gasteiger partial charge on any atom is 0.264 e. The van der Waals surface area contributed by atoms with Gasteiger partial charge in [-0.3, -0.25) is 8.98 Å². The Labute approximate surface area is 248 Å². The molecular weight excluding hydrogens is 564 g/mol. The summed E-state index contributed by atoms with van der Waals surface area (Å²) in [5.74, 6) is -2.48. The molecule has 4 aliphatic carbocycles. The van der Waals surface area contributed by atoms with E-state index in [-0.39, 0.29) is 42.2 Å². The third-order valence-electron chi connectivity index (χ3n) is 11.4. The van der Waals surface area contributed by atoms with Crippen LogP contribution in [-0.4, -0.2) is 75.5 Å². The first-order valence-electron chi connectivity index (χ1n) is 15.4. The fourth-order valence-corrected chi connectivity index (χ4v) is 10.8. The summed E-state index contributed by atoms with van der Waals surface area (Å²) in [5, 5.41) is 12.5. The van der Waals surface area contributed by atoms with E-state index in [1.165, 1.54) is 5.57 Å². The lowest BCUT2D eigenvalue weighted by Crippen LogP contribution is -2.87. The first-order valence-corrected chi connectivity index (χ1v) is 17.2. The second-order valence-corrected chi connectivity index (χ2v) is 16.4. The van der Waals surface area contributed by atoms with Gasteiger partial charge in [-0.2, -0.15) is 8.42 Å². The molecule has 234 valence electrons. The molecule has 3 saturated heterocycles. The topological polar surface area (TPSA) is 127 Å². The Kier molecular flexibility index (Phi) is 6.37. The molecule has 3 saturated carbocycles. The van der Waals surface area contributed by atoms with Crippen molar-refractivity contribution in [3.05, 3.63) is 23.5 Å². The monoisotopic (exact) mass is 608 g/mol. The summed E-state index contributed by atoms with van der Waals surface area (Å²) in [4.78, 5) is 14.5. The fraction of sp³-hybridized carbons (Fsp3) is 0.839. The Morgan fingerprint density at radius 1 is 1.10 bits per heavy atom. The number of hydrogen-bond donors (Lipinski definition) is 1. The van der Waals surface area contributed by atoms with E-state index < -0.39 is 51.0 Å². The van der Waals surface area contributed by atoms with Crippen LogP contribution < -0.4 is 0 Å². The minimum absolute atomic E-state index is 0.0995. The molecule has 0 aromatic carbocycles. The lowest BCUT2D eigenvalue weighted by atomic mass is 9.36. The average Bonchev–Trinajstić information content (AvgIpc) is 3.00. The Morgan fingerprint density at radius 2 is 1.83 bits per heavy atom. The third kappa shape index (κ3) is 3.64. The zero-order valence-corrected chi connectivity index (χ0v) is 26.1. The summed E-state index contributed by atoms with van der Waals surface area (Å²) < 4.78 is 60.2. The van der Waals surface area contributed by atoms with Gasteiger partial charge in [0.2, 0.25) is 5.79 Å². The summed E-state index contributed by atoms with van der Waals surface area (Å²) in [6.45, 7) is 13.1. The van der Waals surface area contributed by atoms with Crippen molar-refractivity contribution in [3.8, 4) is 0 Å². The van der Waals surface area contributed by atoms with E-state index in [4.69, 9.17) is 27.9 Å². The number of fused-ring (bicyclic) bond motifs is 1. The van der Waals surface area contributed by atoms with Crippen LogP contribution >= 0.6 is 0 Å². The summed E-state index contributed by atoms with van der Waals surface area (Å²) in [6.07, 6.45) is 3.95. The second kappa shape index (κ2) is 9.11. The Morgan fingerprint density at radius 3 is 2.57 bits per heavy atom. The van der Waals surface area contributed by atoms with E-state index in [1.54, 1.807) is 0 Å². The fourth-order valence-electron chi connectivity index (χ4n) is 10.4. The summed E-state index contributed by atoms with van der Waals surface area (Å²) in [7, 11) is -3.46. The SMILES string of the molecule is C=C1C(=O)[C@@]23[C@@H]4OC(C)(C)O[C@]25OC[C@]2(C6=C(CC[C@H](OCCCCOS(C)(=O)=O)O6)CC(C)(C)[C@H]2[C@@H]5O)[C@@H]3CC[C@@H]14. The van der Waals surface area contributed by atoms with Crippen LogP contribution in [0.3, 0.4) is 0 Å². The van der Waals surface area contributed by atoms with Gasteiger partial charge in [0.1, 0.15) is 17.3 Å². The number of carbonyl (C=O) groups excluding carboxylic acids is 1. The number of unbranched alkanes of at least 4 members (excludes halogenated alkanes) is 1. The van der Waals surface area contributed by atoms with Gasteiger partial charge in [0.15, 0.2) is 17.9 Å². The molecule has 0 radical (unpaired) electrons. The molecule has 0 aromatic heterocycles. The predicted molar refractivity (Wildman–Crippen MR) is 149 cm³/mol. The van der Waals surface area contributed by atoms with Crippen molar-refractivity contribution in [2.75, 3.05) is 26.1 Å². The third-order valence-corrected chi connectivity index (χ3v) is 12.0. The van der Waals surface area contributed by atoms with Crippen LogP contribution in [0.15, 0.2) is 23.5 Å². The lowest BCUT2D eigenvalue weighted by molar-refractivity contribution is -0.527. The molecule has 0 amide bonds. The normalized spacial score (nSPS) is 46.1. The van der Waals surface area contributed by atoms with Crippen molar-refractivity contribution in [2.24, 2.45) is 34.0 Å². The molecule has 9 atom stereocenters. The molecule has 6 fully saturated rings. The number of Topliss-reactive ketones (excluding diaryl/α,β-unsaturated/α-hetero) is 1. The molecule has 0 unspecified atom stereocenters. The highest BCUT2D eigenvalue weighted by Crippen LogP contribution is 2.80. The van der Waals surface area contributed by atoms with E-state index in [0.717, 1.165) is 37.7 Å². The molecule has 8 rings (SSSR count). The molecule has 0 aromatic rings. The highest BCUT2D eigenvalue weighted by Gasteiger charge is 2.90. The highest BCUT2D eigenvalue weighted by molar-refractivity contribution is 7.85. The molecule has 4 heterocycles. The van der Waals surface area contributed by atoms with Crippen LogP contribution in [0.2, 0.25) is 0 Å². The maximum absolute atomic E-state index is 14.5. The molecular formula is C31H44O10S. The van der Waals surface area contributed by atoms with Gasteiger partial charge in [0, 0.05) is 18.3 Å². The van der Waals surface area contributed by atoms with Gasteiger partial charge in [0.25, 0.3) is 10.1 Å². The van der Waals surface area contributed by atoms with Crippen molar-refractivity contribution in [2.45, 2.75) is 103 Å². The number of carbonyl (C=O) groups is 1. The zero-order valence-electron chi connectivity index (χ0n) is 25.3. The standard InChI is InChI=1S/C31H44O10S/c1-17-19-10-11-20-29-16-37-31(30(20,23(17)32)26(19)40-28(4,5)41-31)24(33)22(29)27(2,3)15-18-9-12-21(39-25(18)29)36-13-7-8-14-38-42(6,34)35/h19-22,24,26,33H,1,7-16H2,2-6H3/t19-,20-,21+,22+,24-,26+,29-,30-,31-/m0/s1. The summed E-state index contributed by atoms with van der Waals surface area (Å²) >= 11 is 0. The minimum atomic E-state index is -3.46. The van der Waals surface area contributed by atoms with E-state index in [0.29, 0.717) is 31.4 Å². The van der Waals surface area contributed by atoms with Crippen LogP contribution in [0.4, 0.5) is 0 Å². The predicted octanol–water partition coefficient (Wildman–Crippen LogP) is 3.59. The molecule has 4 aliphatic heterocycles. The smallest absolute Gasteiger partial charge is 0.264 e. The van der Waals surface area contributed by atoms with Crippen molar-refractivity contribution >= 4 is 15.9 Å². The van der Waals surface area contributed by atoms with E-state index in [9.17, 15) is 18.3 Å². The zero-order chi connectivity index (χ0) is 30.1. The van der Waals surface area contributed by atoms with Crippen molar-refractivity contribution < 1.29 is 46.2 Å². The summed E-state index contributed by atoms with van der Waals surface area (Å²) in [5.41, 5.74) is -0.501. The van der Waals surface area contributed by atoms with Crippen molar-refractivity contribution in [1.82, 2.24) is 0 Å². The van der Waals surface area contributed by atoms with Gasteiger partial charge >= 0.3 is 0 Å². The van der Waals surface area contributed by atoms with Gasteiger partial charge in [-0.15, -0.1) is 0 Å². The Bertz CT molecular complexity index is 1350. The van der Waals surface area contributed by atoms with Gasteiger partial charge < -0.3 is 28.8 Å². The first-order chi connectivity index (χ1) is 19.6. The molecule has 42 heavy (non-hydrogen) atoms. The summed E-state index contributed by atoms with van der Waals surface area (Å²) in [6, 6.07) is 0. The molecule has 4 bridgehead atoms. The Hall–Kier alpha value is -1.34. The van der Waals surface area contributed by atoms with Gasteiger partial charge in [-0.1, -0.05) is 20.4 Å². The van der Waals surface area contributed by atoms with Crippen LogP contribution in [0.1, 0.15) is 72.6 Å². The number of allylic oxidation sites excluding steroid dienone is 1. The van der Waals surface area contributed by atoms with Crippen LogP contribution in [0, 0.1) is 34.0 Å². The molecule has 10 nitrogen and oxygen atoms in total. The molecule has 8 aliphatic rings. The number of ether oxygens (including phenoxy) is 5. The van der Waals surface area contributed by atoms with Crippen molar-refractivity contribution in [1.29, 1.82) is 0 Å². The van der Waals surface area contributed by atoms with E-state index >= 15 is 0 Å². The Balaban J connectivity index is 1.25. The largest absolute Gasteiger partial charge is 0.469 e. The van der Waals surface area contributed by atoms with Gasteiger partial charge in [-0.25, -0.2) is 0 Å². The van der Waals surface area contributed by atoms with Crippen LogP contribution in [0.5, 0.6) is 0 Å². The number of rotatable bonds is 7. The number of aliphatic hydroxyl groups excluding tert-OH is 1. The van der Waals surface area contributed by atoms with Crippen LogP contribution in [-0.2, 0) is 42.8 Å².